The Balaban J connectivity index is 2.17. The summed E-state index contributed by atoms with van der Waals surface area (Å²) in [7, 11) is 1.38. The normalized spacial score (nSPS) is 22.2. The summed E-state index contributed by atoms with van der Waals surface area (Å²) < 4.78 is 10.1. The first-order valence-corrected chi connectivity index (χ1v) is 5.91. The number of anilines is 1. The van der Waals surface area contributed by atoms with Crippen LogP contribution in [-0.4, -0.2) is 42.5 Å². The Bertz CT molecular complexity index is 471. The minimum absolute atomic E-state index is 0.132. The Morgan fingerprint density at radius 1 is 1.63 bits per heavy atom. The van der Waals surface area contributed by atoms with Crippen LogP contribution in [0, 0.1) is 10.1 Å². The average Bonchev–Trinajstić information content (AvgIpc) is 2.83. The van der Waals surface area contributed by atoms with Gasteiger partial charge in [0.1, 0.15) is 11.3 Å². The van der Waals surface area contributed by atoms with Crippen LogP contribution in [0.2, 0.25) is 0 Å². The molecule has 0 spiro atoms. The number of methoxy groups -OCH3 is 1. The zero-order valence-corrected chi connectivity index (χ0v) is 10.6. The van der Waals surface area contributed by atoms with Gasteiger partial charge in [0, 0.05) is 19.6 Å². The molecule has 7 heteroatoms. The molecule has 7 nitrogen and oxygen atoms in total. The zero-order chi connectivity index (χ0) is 13.9. The van der Waals surface area contributed by atoms with Gasteiger partial charge in [0.25, 0.3) is 0 Å². The van der Waals surface area contributed by atoms with Crippen molar-refractivity contribution in [3.8, 4) is 5.75 Å². The highest BCUT2D eigenvalue weighted by atomic mass is 16.6. The van der Waals surface area contributed by atoms with Crippen LogP contribution in [0.4, 0.5) is 11.4 Å². The van der Waals surface area contributed by atoms with Gasteiger partial charge in [-0.15, -0.1) is 0 Å². The van der Waals surface area contributed by atoms with E-state index in [1.165, 1.54) is 13.2 Å². The molecule has 1 aliphatic rings. The average molecular weight is 268 g/mol. The van der Waals surface area contributed by atoms with Crippen LogP contribution in [0.25, 0.3) is 0 Å². The highest BCUT2D eigenvalue weighted by Gasteiger charge is 2.33. The van der Waals surface area contributed by atoms with Gasteiger partial charge in [-0.05, 0) is 12.1 Å². The molecular weight excluding hydrogens is 252 g/mol. The van der Waals surface area contributed by atoms with Gasteiger partial charge in [-0.1, -0.05) is 6.07 Å². The molecule has 1 aliphatic heterocycles. The topological polar surface area (TPSA) is 93.9 Å². The van der Waals surface area contributed by atoms with Gasteiger partial charge in [-0.25, -0.2) is 0 Å². The molecule has 0 unspecified atom stereocenters. The third kappa shape index (κ3) is 2.94. The summed E-state index contributed by atoms with van der Waals surface area (Å²) in [6.45, 7) is 0.928. The standard InChI is InChI=1S/C12H16N2O5/c1-18-10-4-2-3-9(11(10)14(16)17)13-7-12(15)5-6-19-8-12/h2-4,13,15H,5-8H2,1H3/t12-/m1/s1. The Labute approximate surface area is 110 Å². The molecule has 1 aromatic carbocycles. The SMILES string of the molecule is COc1cccc(NC[C@]2(O)CCOC2)c1[N+](=O)[O-]. The van der Waals surface area contributed by atoms with Crippen molar-refractivity contribution in [1.82, 2.24) is 0 Å². The highest BCUT2D eigenvalue weighted by molar-refractivity contribution is 5.68. The molecule has 2 rings (SSSR count). The zero-order valence-electron chi connectivity index (χ0n) is 10.6. The van der Waals surface area contributed by atoms with Gasteiger partial charge in [0.05, 0.1) is 18.6 Å². The number of hydrogen-bond donors (Lipinski definition) is 2. The molecule has 1 heterocycles. The summed E-state index contributed by atoms with van der Waals surface area (Å²) in [5, 5.41) is 24.1. The molecule has 0 amide bonds. The number of nitrogens with zero attached hydrogens (tertiary/aromatic N) is 1. The summed E-state index contributed by atoms with van der Waals surface area (Å²) in [5.41, 5.74) is -0.783. The van der Waals surface area contributed by atoms with E-state index >= 15 is 0 Å². The van der Waals surface area contributed by atoms with E-state index < -0.39 is 10.5 Å². The summed E-state index contributed by atoms with van der Waals surface area (Å²) in [6.07, 6.45) is 0.512. The number of ether oxygens (including phenoxy) is 2. The van der Waals surface area contributed by atoms with Gasteiger partial charge >= 0.3 is 5.69 Å². The molecule has 0 saturated carbocycles. The predicted octanol–water partition coefficient (Wildman–Crippen LogP) is 1.17. The fraction of sp³-hybridized carbons (Fsp3) is 0.500. The third-order valence-corrected chi connectivity index (χ3v) is 3.09. The number of para-hydroxylation sites is 1. The molecule has 1 aromatic rings. The molecule has 0 aromatic heterocycles. The number of rotatable bonds is 5. The van der Waals surface area contributed by atoms with E-state index in [2.05, 4.69) is 5.32 Å². The Hall–Kier alpha value is -1.86. The number of nitro benzene ring substituents is 1. The second-order valence-corrected chi connectivity index (χ2v) is 4.49. The molecule has 1 atom stereocenters. The van der Waals surface area contributed by atoms with Crippen LogP contribution in [0.15, 0.2) is 18.2 Å². The van der Waals surface area contributed by atoms with Crippen molar-refractivity contribution in [2.45, 2.75) is 12.0 Å². The van der Waals surface area contributed by atoms with Crippen molar-refractivity contribution in [3.63, 3.8) is 0 Å². The van der Waals surface area contributed by atoms with Gasteiger partial charge in [0.2, 0.25) is 0 Å². The fourth-order valence-corrected chi connectivity index (χ4v) is 2.01. The number of benzene rings is 1. The minimum atomic E-state index is -0.975. The summed E-state index contributed by atoms with van der Waals surface area (Å²) in [4.78, 5) is 10.6. The van der Waals surface area contributed by atoms with Crippen LogP contribution in [0.3, 0.4) is 0 Å². The first-order valence-electron chi connectivity index (χ1n) is 5.91. The van der Waals surface area contributed by atoms with E-state index in [0.717, 1.165) is 0 Å². The quantitative estimate of drug-likeness (QED) is 0.615. The third-order valence-electron chi connectivity index (χ3n) is 3.09. The van der Waals surface area contributed by atoms with Gasteiger partial charge in [0.15, 0.2) is 5.75 Å². The maximum atomic E-state index is 11.1. The van der Waals surface area contributed by atoms with Crippen molar-refractivity contribution in [3.05, 3.63) is 28.3 Å². The lowest BCUT2D eigenvalue weighted by Crippen LogP contribution is -2.37. The van der Waals surface area contributed by atoms with Crippen molar-refractivity contribution < 1.29 is 19.5 Å². The van der Waals surface area contributed by atoms with Gasteiger partial charge in [-0.3, -0.25) is 10.1 Å². The van der Waals surface area contributed by atoms with Crippen LogP contribution in [0.5, 0.6) is 5.75 Å². The second-order valence-electron chi connectivity index (χ2n) is 4.49. The lowest BCUT2D eigenvalue weighted by Gasteiger charge is -2.21. The smallest absolute Gasteiger partial charge is 0.333 e. The van der Waals surface area contributed by atoms with Crippen LogP contribution < -0.4 is 10.1 Å². The number of aliphatic hydroxyl groups is 1. The van der Waals surface area contributed by atoms with E-state index in [4.69, 9.17) is 9.47 Å². The molecule has 0 radical (unpaired) electrons. The molecule has 104 valence electrons. The Kier molecular flexibility index (Phi) is 3.87. The maximum Gasteiger partial charge on any atom is 0.333 e. The first-order chi connectivity index (χ1) is 9.06. The molecule has 0 aliphatic carbocycles. The lowest BCUT2D eigenvalue weighted by molar-refractivity contribution is -0.384. The van der Waals surface area contributed by atoms with Crippen molar-refractivity contribution in [2.75, 3.05) is 32.2 Å². The molecule has 2 N–H and O–H groups in total. The molecule has 1 fully saturated rings. The monoisotopic (exact) mass is 268 g/mol. The number of nitro groups is 1. The number of hydrogen-bond acceptors (Lipinski definition) is 6. The van der Waals surface area contributed by atoms with Crippen LogP contribution in [0.1, 0.15) is 6.42 Å². The van der Waals surface area contributed by atoms with Crippen LogP contribution >= 0.6 is 0 Å². The predicted molar refractivity (Wildman–Crippen MR) is 68.5 cm³/mol. The van der Waals surface area contributed by atoms with E-state index in [-0.39, 0.29) is 24.6 Å². The summed E-state index contributed by atoms with van der Waals surface area (Å²) in [6, 6.07) is 4.76. The summed E-state index contributed by atoms with van der Waals surface area (Å²) in [5.74, 6) is 0.185. The maximum absolute atomic E-state index is 11.1. The number of nitrogens with one attached hydrogen (secondary N) is 1. The Morgan fingerprint density at radius 2 is 2.42 bits per heavy atom. The van der Waals surface area contributed by atoms with E-state index in [0.29, 0.717) is 18.7 Å². The minimum Gasteiger partial charge on any atom is -0.490 e. The van der Waals surface area contributed by atoms with Crippen molar-refractivity contribution in [2.24, 2.45) is 0 Å². The van der Waals surface area contributed by atoms with E-state index in [9.17, 15) is 15.2 Å². The molecule has 0 bridgehead atoms. The summed E-state index contributed by atoms with van der Waals surface area (Å²) >= 11 is 0. The van der Waals surface area contributed by atoms with Crippen molar-refractivity contribution in [1.29, 1.82) is 0 Å². The van der Waals surface area contributed by atoms with E-state index in [1.807, 2.05) is 0 Å². The van der Waals surface area contributed by atoms with Gasteiger partial charge < -0.3 is 19.9 Å². The molecule has 1 saturated heterocycles. The molecule has 19 heavy (non-hydrogen) atoms. The second kappa shape index (κ2) is 5.41. The van der Waals surface area contributed by atoms with Gasteiger partial charge in [-0.2, -0.15) is 0 Å². The highest BCUT2D eigenvalue weighted by Crippen LogP contribution is 2.34. The van der Waals surface area contributed by atoms with Crippen molar-refractivity contribution >= 4 is 11.4 Å². The fourth-order valence-electron chi connectivity index (χ4n) is 2.01. The van der Waals surface area contributed by atoms with Crippen LogP contribution in [-0.2, 0) is 4.74 Å². The molecular formula is C12H16N2O5. The Morgan fingerprint density at radius 3 is 3.00 bits per heavy atom. The van der Waals surface area contributed by atoms with E-state index in [1.54, 1.807) is 12.1 Å². The largest absolute Gasteiger partial charge is 0.490 e. The lowest BCUT2D eigenvalue weighted by atomic mass is 10.0. The first kappa shape index (κ1) is 13.6.